The molecule has 0 radical (unpaired) electrons. The average Bonchev–Trinajstić information content (AvgIpc) is 3.23. The lowest BCUT2D eigenvalue weighted by molar-refractivity contribution is -0.139. The lowest BCUT2D eigenvalue weighted by Crippen LogP contribution is -2.40. The molecule has 4 aromatic rings. The molecule has 3 aromatic carbocycles. The van der Waals surface area contributed by atoms with Crippen LogP contribution in [0.1, 0.15) is 36.6 Å². The summed E-state index contributed by atoms with van der Waals surface area (Å²) in [5, 5.41) is 1.09. The summed E-state index contributed by atoms with van der Waals surface area (Å²) in [7, 11) is 0. The number of carbonyl (C=O) groups excluding carboxylic acids is 1. The van der Waals surface area contributed by atoms with Gasteiger partial charge in [0.2, 0.25) is 0 Å². The van der Waals surface area contributed by atoms with Crippen LogP contribution in [0.5, 0.6) is 5.75 Å². The van der Waals surface area contributed by atoms with Crippen LogP contribution in [-0.2, 0) is 16.1 Å². The van der Waals surface area contributed by atoms with E-state index in [4.69, 9.17) is 32.7 Å². The lowest BCUT2D eigenvalue weighted by atomic mass is 9.96. The first-order chi connectivity index (χ1) is 19.7. The van der Waals surface area contributed by atoms with E-state index in [0.29, 0.717) is 43.0 Å². The van der Waals surface area contributed by atoms with Gasteiger partial charge in [0.15, 0.2) is 4.80 Å². The number of rotatable bonds is 7. The van der Waals surface area contributed by atoms with Gasteiger partial charge < -0.3 is 9.47 Å². The number of benzene rings is 3. The second-order valence-corrected chi connectivity index (χ2v) is 13.0. The van der Waals surface area contributed by atoms with E-state index in [1.807, 2.05) is 48.5 Å². The molecule has 0 spiro atoms. The Kier molecular flexibility index (Phi) is 9.40. The van der Waals surface area contributed by atoms with Gasteiger partial charge in [0.05, 0.1) is 26.0 Å². The number of allylic oxidation sites excluding steroid dienone is 1. The first kappa shape index (κ1) is 30.0. The highest BCUT2D eigenvalue weighted by Crippen LogP contribution is 2.35. The molecule has 1 aliphatic heterocycles. The van der Waals surface area contributed by atoms with E-state index in [1.165, 1.54) is 15.9 Å². The maximum atomic E-state index is 14.0. The van der Waals surface area contributed by atoms with Gasteiger partial charge in [-0.1, -0.05) is 80.8 Å². The number of esters is 1. The second kappa shape index (κ2) is 12.8. The number of hydrogen-bond donors (Lipinski definition) is 0. The number of nitrogens with zero attached hydrogens (tertiary/aromatic N) is 2. The number of halogens is 4. The van der Waals surface area contributed by atoms with Crippen molar-refractivity contribution in [1.82, 2.24) is 4.57 Å². The topological polar surface area (TPSA) is 69.9 Å². The van der Waals surface area contributed by atoms with Crippen molar-refractivity contribution in [2.24, 2.45) is 4.99 Å². The van der Waals surface area contributed by atoms with Gasteiger partial charge in [0.25, 0.3) is 5.56 Å². The van der Waals surface area contributed by atoms with Gasteiger partial charge in [-0.3, -0.25) is 9.36 Å². The third kappa shape index (κ3) is 6.34. The van der Waals surface area contributed by atoms with Crippen LogP contribution in [0.15, 0.2) is 86.2 Å². The van der Waals surface area contributed by atoms with Crippen molar-refractivity contribution in [3.05, 3.63) is 126 Å². The number of aromatic nitrogens is 1. The molecule has 0 N–H and O–H groups in total. The highest BCUT2D eigenvalue weighted by molar-refractivity contribution is 14.1. The van der Waals surface area contributed by atoms with Gasteiger partial charge in [-0.25, -0.2) is 9.79 Å². The number of ether oxygens (including phenoxy) is 2. The van der Waals surface area contributed by atoms with Gasteiger partial charge in [-0.15, -0.1) is 0 Å². The zero-order valence-electron chi connectivity index (χ0n) is 21.8. The summed E-state index contributed by atoms with van der Waals surface area (Å²) in [5.74, 6) is 0.105. The predicted molar refractivity (Wildman–Crippen MR) is 174 cm³/mol. The van der Waals surface area contributed by atoms with Crippen LogP contribution in [0.2, 0.25) is 10.0 Å². The fourth-order valence-electron chi connectivity index (χ4n) is 4.50. The molecule has 1 atom stereocenters. The van der Waals surface area contributed by atoms with Crippen molar-refractivity contribution in [1.29, 1.82) is 0 Å². The molecule has 0 saturated heterocycles. The minimum Gasteiger partial charge on any atom is -0.487 e. The quantitative estimate of drug-likeness (QED) is 0.149. The summed E-state index contributed by atoms with van der Waals surface area (Å²) in [5.41, 5.74) is 2.75. The normalized spacial score (nSPS) is 15.0. The number of fused-ring (bicyclic) bond motifs is 1. The lowest BCUT2D eigenvalue weighted by Gasteiger charge is -2.25. The van der Waals surface area contributed by atoms with E-state index in [1.54, 1.807) is 32.1 Å². The van der Waals surface area contributed by atoms with Crippen LogP contribution in [-0.4, -0.2) is 17.1 Å². The minimum absolute atomic E-state index is 0.190. The van der Waals surface area contributed by atoms with Gasteiger partial charge in [-0.2, -0.15) is 0 Å². The highest BCUT2D eigenvalue weighted by Gasteiger charge is 2.34. The van der Waals surface area contributed by atoms with Gasteiger partial charge >= 0.3 is 5.97 Å². The Labute approximate surface area is 272 Å². The van der Waals surface area contributed by atoms with Crippen LogP contribution < -0.4 is 19.6 Å². The van der Waals surface area contributed by atoms with Gasteiger partial charge in [-0.05, 0) is 84.0 Å². The minimum atomic E-state index is -0.788. The maximum absolute atomic E-state index is 14.0. The van der Waals surface area contributed by atoms with E-state index < -0.39 is 12.0 Å². The van der Waals surface area contributed by atoms with E-state index in [-0.39, 0.29) is 17.7 Å². The molecule has 41 heavy (non-hydrogen) atoms. The zero-order valence-corrected chi connectivity index (χ0v) is 27.9. The van der Waals surface area contributed by atoms with E-state index in [9.17, 15) is 9.59 Å². The Morgan fingerprint density at radius 1 is 1.17 bits per heavy atom. The van der Waals surface area contributed by atoms with Crippen LogP contribution >= 0.6 is 73.1 Å². The van der Waals surface area contributed by atoms with Crippen molar-refractivity contribution in [3.8, 4) is 5.75 Å². The second-order valence-electron chi connectivity index (χ2n) is 9.04. The predicted octanol–water partition coefficient (Wildman–Crippen LogP) is 7.05. The largest absolute Gasteiger partial charge is 0.487 e. The van der Waals surface area contributed by atoms with Crippen molar-refractivity contribution in [2.75, 3.05) is 6.61 Å². The van der Waals surface area contributed by atoms with Crippen molar-refractivity contribution >= 4 is 85.1 Å². The molecule has 5 rings (SSSR count). The smallest absolute Gasteiger partial charge is 0.338 e. The Bertz CT molecular complexity index is 1870. The monoisotopic (exact) mass is 782 g/mol. The van der Waals surface area contributed by atoms with Crippen molar-refractivity contribution < 1.29 is 14.3 Å². The Hall–Kier alpha value is -2.44. The Balaban J connectivity index is 1.65. The Morgan fingerprint density at radius 3 is 2.61 bits per heavy atom. The summed E-state index contributed by atoms with van der Waals surface area (Å²) in [6, 6.07) is 17.7. The molecule has 11 heteroatoms. The highest BCUT2D eigenvalue weighted by atomic mass is 127. The van der Waals surface area contributed by atoms with Crippen molar-refractivity contribution in [3.63, 3.8) is 0 Å². The molecule has 1 aliphatic rings. The molecule has 0 aliphatic carbocycles. The van der Waals surface area contributed by atoms with E-state index in [2.05, 4.69) is 43.5 Å². The zero-order chi connectivity index (χ0) is 29.3. The van der Waals surface area contributed by atoms with E-state index in [0.717, 1.165) is 19.2 Å². The molecule has 0 saturated carbocycles. The Morgan fingerprint density at radius 2 is 1.90 bits per heavy atom. The molecule has 0 unspecified atom stereocenters. The summed E-state index contributed by atoms with van der Waals surface area (Å²) < 4.78 is 15.3. The van der Waals surface area contributed by atoms with Crippen LogP contribution in [0.25, 0.3) is 6.08 Å². The van der Waals surface area contributed by atoms with Crippen molar-refractivity contribution in [2.45, 2.75) is 26.5 Å². The first-order valence-corrected chi connectivity index (χ1v) is 15.9. The number of carbonyl (C=O) groups is 1. The third-order valence-electron chi connectivity index (χ3n) is 6.34. The van der Waals surface area contributed by atoms with Crippen LogP contribution in [0, 0.1) is 3.57 Å². The van der Waals surface area contributed by atoms with Crippen LogP contribution in [0.3, 0.4) is 0 Å². The summed E-state index contributed by atoms with van der Waals surface area (Å²) >= 11 is 19.7. The summed E-state index contributed by atoms with van der Waals surface area (Å²) in [4.78, 5) is 32.3. The molecule has 6 nitrogen and oxygen atoms in total. The summed E-state index contributed by atoms with van der Waals surface area (Å²) in [6.45, 7) is 3.99. The molecule has 2 heterocycles. The molecular formula is C30H22BrCl2IN2O4S. The fraction of sp³-hybridized carbons (Fsp3) is 0.167. The molecule has 0 amide bonds. The molecular weight excluding hydrogens is 762 g/mol. The fourth-order valence-corrected chi connectivity index (χ4v) is 7.61. The van der Waals surface area contributed by atoms with E-state index >= 15 is 0 Å². The number of hydrogen-bond acceptors (Lipinski definition) is 6. The molecule has 0 fully saturated rings. The average molecular weight is 784 g/mol. The molecule has 210 valence electrons. The first-order valence-electron chi connectivity index (χ1n) is 12.5. The molecule has 0 bridgehead atoms. The van der Waals surface area contributed by atoms with Gasteiger partial charge in [0, 0.05) is 20.1 Å². The summed E-state index contributed by atoms with van der Waals surface area (Å²) in [6.07, 6.45) is 1.79. The van der Waals surface area contributed by atoms with Crippen LogP contribution in [0.4, 0.5) is 0 Å². The SMILES string of the molecule is CCOC(=O)C1=C(C)N=c2s/c(=C\c3cc(Br)cc(I)c3OCc3ccc(Cl)cc3)c(=O)n2[C@@H]1c1ccccc1Cl. The third-order valence-corrected chi connectivity index (χ3v) is 9.18. The molecule has 1 aromatic heterocycles. The maximum Gasteiger partial charge on any atom is 0.338 e. The standard InChI is InChI=1S/C30H22BrCl2IN2O4S/c1-3-39-29(38)25-16(2)35-30-36(26(25)21-6-4-5-7-22(21)33)28(37)24(41-30)13-18-12-19(31)14-23(34)27(18)40-15-17-8-10-20(32)11-9-17/h4-14,26H,3,15H2,1-2H3/b24-13-/t26-/m1/s1. The number of thiazole rings is 1. The van der Waals surface area contributed by atoms with Gasteiger partial charge in [0.1, 0.15) is 18.4 Å².